The summed E-state index contributed by atoms with van der Waals surface area (Å²) in [5.41, 5.74) is 0.851. The molecule has 2 aliphatic carbocycles. The van der Waals surface area contributed by atoms with Crippen LogP contribution in [0.5, 0.6) is 5.75 Å². The van der Waals surface area contributed by atoms with Crippen molar-refractivity contribution in [2.24, 2.45) is 28.2 Å². The molecule has 4 N–H and O–H groups in total. The maximum atomic E-state index is 13.0. The van der Waals surface area contributed by atoms with Crippen LogP contribution in [0.3, 0.4) is 0 Å². The Bertz CT molecular complexity index is 2670. The molecule has 308 valence electrons. The first kappa shape index (κ1) is 40.3. The number of ether oxygens (including phenoxy) is 1. The Labute approximate surface area is 333 Å². The molecule has 17 nitrogen and oxygen atoms in total. The summed E-state index contributed by atoms with van der Waals surface area (Å²) >= 11 is 0. The van der Waals surface area contributed by atoms with E-state index in [0.717, 1.165) is 77.4 Å². The molecule has 6 aromatic rings. The summed E-state index contributed by atoms with van der Waals surface area (Å²) in [5.74, 6) is 1.74. The van der Waals surface area contributed by atoms with E-state index in [1.807, 2.05) is 59.2 Å². The predicted molar refractivity (Wildman–Crippen MR) is 222 cm³/mol. The van der Waals surface area contributed by atoms with Crippen LogP contribution in [-0.4, -0.2) is 79.0 Å². The fourth-order valence-corrected chi connectivity index (χ4v) is 8.29. The van der Waals surface area contributed by atoms with Crippen molar-refractivity contribution in [2.45, 2.75) is 75.5 Å². The fraction of sp³-hybridized carbons (Fsp3) is 0.463. The molecule has 0 bridgehead atoms. The molecule has 2 saturated carbocycles. The first-order chi connectivity index (χ1) is 27.8. The van der Waals surface area contributed by atoms with Crippen LogP contribution in [0, 0.1) is 0 Å². The van der Waals surface area contributed by atoms with Crippen LogP contribution in [0.15, 0.2) is 73.8 Å². The third kappa shape index (κ3) is 7.35. The summed E-state index contributed by atoms with van der Waals surface area (Å²) in [6.45, 7) is 0.806. The Morgan fingerprint density at radius 3 is 1.38 bits per heavy atom. The molecule has 0 amide bonds. The van der Waals surface area contributed by atoms with Crippen molar-refractivity contribution in [2.75, 3.05) is 31.0 Å². The van der Waals surface area contributed by atoms with E-state index in [4.69, 9.17) is 4.74 Å². The molecule has 58 heavy (non-hydrogen) atoms. The zero-order valence-electron chi connectivity index (χ0n) is 33.7. The molecule has 17 heteroatoms. The van der Waals surface area contributed by atoms with E-state index in [2.05, 4.69) is 20.6 Å². The Hall–Kier alpha value is -5.94. The normalized spacial score (nSPS) is 15.8. The van der Waals surface area contributed by atoms with Crippen molar-refractivity contribution in [1.82, 2.24) is 37.4 Å². The quantitative estimate of drug-likeness (QED) is 0.150. The molecule has 0 saturated heterocycles. The van der Waals surface area contributed by atoms with Crippen LogP contribution in [0.2, 0.25) is 0 Å². The van der Waals surface area contributed by atoms with Gasteiger partial charge in [0.05, 0.1) is 44.5 Å². The van der Waals surface area contributed by atoms with Crippen molar-refractivity contribution in [3.63, 3.8) is 0 Å². The van der Waals surface area contributed by atoms with Gasteiger partial charge < -0.3 is 25.6 Å². The van der Waals surface area contributed by atoms with Gasteiger partial charge in [0.25, 0.3) is 11.1 Å². The topological polar surface area (TPSA) is 197 Å². The van der Waals surface area contributed by atoms with Crippen LogP contribution in [0.25, 0.3) is 22.3 Å². The minimum Gasteiger partial charge on any atom is -0.497 e. The van der Waals surface area contributed by atoms with Gasteiger partial charge in [-0.15, -0.1) is 0 Å². The molecule has 4 heterocycles. The zero-order chi connectivity index (χ0) is 41.4. The van der Waals surface area contributed by atoms with Crippen LogP contribution in [0.4, 0.5) is 11.9 Å². The molecule has 0 unspecified atom stereocenters. The number of aryl methyl sites for hydroxylation is 2. The fourth-order valence-electron chi connectivity index (χ4n) is 8.29. The highest BCUT2D eigenvalue weighted by molar-refractivity contribution is 5.75. The largest absolute Gasteiger partial charge is 0.497 e. The lowest BCUT2D eigenvalue weighted by Crippen LogP contribution is -2.40. The van der Waals surface area contributed by atoms with Gasteiger partial charge >= 0.3 is 11.4 Å². The van der Waals surface area contributed by atoms with Gasteiger partial charge in [0, 0.05) is 28.2 Å². The van der Waals surface area contributed by atoms with Crippen molar-refractivity contribution in [3.8, 4) is 5.75 Å². The number of imidazole rings is 2. The maximum absolute atomic E-state index is 13.0. The Morgan fingerprint density at radius 1 is 0.603 bits per heavy atom. The second-order valence-corrected chi connectivity index (χ2v) is 15.7. The minimum atomic E-state index is -0.469. The number of fused-ring (bicyclic) bond motifs is 2. The third-order valence-electron chi connectivity index (χ3n) is 11.9. The van der Waals surface area contributed by atoms with Crippen LogP contribution in [0.1, 0.15) is 62.5 Å². The number of methoxy groups -OCH3 is 1. The average molecular weight is 797 g/mol. The SMILES string of the molecule is COc1ccc(Cn2c(NC3(CO)CCCC3)nc3c2c(=O)n(C)c(=O)n3C)cc1.Cn1c(=O)c2c(nc(NC3(CO)CCCC3)n2Cc2ccccc2)n(C)c1=O. The highest BCUT2D eigenvalue weighted by Crippen LogP contribution is 2.35. The monoisotopic (exact) mass is 796 g/mol. The highest BCUT2D eigenvalue weighted by atomic mass is 16.5. The van der Waals surface area contributed by atoms with Crippen molar-refractivity contribution in [1.29, 1.82) is 0 Å². The smallest absolute Gasteiger partial charge is 0.332 e. The van der Waals surface area contributed by atoms with Gasteiger partial charge in [-0.1, -0.05) is 68.1 Å². The maximum Gasteiger partial charge on any atom is 0.332 e. The molecular formula is C41H52N10O7. The molecule has 0 atom stereocenters. The van der Waals surface area contributed by atoms with E-state index in [0.29, 0.717) is 47.3 Å². The summed E-state index contributed by atoms with van der Waals surface area (Å²) in [6, 6.07) is 17.4. The number of rotatable bonds is 11. The van der Waals surface area contributed by atoms with E-state index in [1.54, 1.807) is 25.8 Å². The number of aliphatic hydroxyl groups is 2. The number of nitrogens with one attached hydrogen (secondary N) is 2. The lowest BCUT2D eigenvalue weighted by Gasteiger charge is -2.28. The third-order valence-corrected chi connectivity index (χ3v) is 11.9. The second-order valence-electron chi connectivity index (χ2n) is 15.7. The summed E-state index contributed by atoms with van der Waals surface area (Å²) in [4.78, 5) is 60.0. The van der Waals surface area contributed by atoms with Crippen molar-refractivity contribution < 1.29 is 14.9 Å². The second kappa shape index (κ2) is 16.1. The number of aromatic nitrogens is 8. The van der Waals surface area contributed by atoms with Gasteiger partial charge in [0.2, 0.25) is 11.9 Å². The number of hydrogen-bond acceptors (Lipinski definition) is 11. The van der Waals surface area contributed by atoms with Crippen molar-refractivity contribution in [3.05, 3.63) is 107 Å². The number of anilines is 2. The minimum absolute atomic E-state index is 0.00151. The standard InChI is InChI=1S/C21H27N5O4.C20H25N5O3/c1-24-17-16(18(28)25(2)20(24)29)26(12-14-6-8-15(30-3)9-7-14)19(22-17)23-21(13-27)10-4-5-11-21;1-23-16-15(17(27)24(2)19(23)28)25(12-14-8-4-3-5-9-14)18(21-16)22-20(13-26)10-6-7-11-20/h6-9,27H,4-5,10-13H2,1-3H3,(H,22,23);3-5,8-9,26H,6-7,10-13H2,1-2H3,(H,21,22). The van der Waals surface area contributed by atoms with Gasteiger partial charge in [-0.3, -0.25) is 37.0 Å². The Balaban J connectivity index is 0.000000177. The molecule has 2 aromatic carbocycles. The predicted octanol–water partition coefficient (Wildman–Crippen LogP) is 2.41. The number of aliphatic hydroxyl groups excluding tert-OH is 2. The first-order valence-corrected chi connectivity index (χ1v) is 19.6. The molecule has 0 radical (unpaired) electrons. The molecule has 2 fully saturated rings. The molecule has 8 rings (SSSR count). The van der Waals surface area contributed by atoms with Crippen LogP contribution < -0.4 is 37.9 Å². The molecule has 0 aliphatic heterocycles. The first-order valence-electron chi connectivity index (χ1n) is 19.6. The molecule has 2 aliphatic rings. The van der Waals surface area contributed by atoms with Crippen LogP contribution in [-0.2, 0) is 41.3 Å². The van der Waals surface area contributed by atoms with E-state index in [1.165, 1.54) is 23.2 Å². The van der Waals surface area contributed by atoms with Crippen LogP contribution >= 0.6 is 0 Å². The number of nitrogens with zero attached hydrogens (tertiary/aromatic N) is 8. The van der Waals surface area contributed by atoms with Gasteiger partial charge in [-0.25, -0.2) is 9.59 Å². The molecule has 4 aromatic heterocycles. The van der Waals surface area contributed by atoms with E-state index in [-0.39, 0.29) is 18.8 Å². The number of hydrogen-bond donors (Lipinski definition) is 4. The van der Waals surface area contributed by atoms with E-state index < -0.39 is 28.0 Å². The Morgan fingerprint density at radius 2 is 1.00 bits per heavy atom. The van der Waals surface area contributed by atoms with Gasteiger partial charge in [0.1, 0.15) is 5.75 Å². The highest BCUT2D eigenvalue weighted by Gasteiger charge is 2.36. The van der Waals surface area contributed by atoms with Crippen molar-refractivity contribution >= 4 is 34.2 Å². The zero-order valence-corrected chi connectivity index (χ0v) is 33.7. The van der Waals surface area contributed by atoms with E-state index >= 15 is 0 Å². The van der Waals surface area contributed by atoms with Gasteiger partial charge in [-0.05, 0) is 48.9 Å². The Kier molecular flexibility index (Phi) is 11.2. The van der Waals surface area contributed by atoms with Gasteiger partial charge in [0.15, 0.2) is 22.3 Å². The molecular weight excluding hydrogens is 745 g/mol. The number of benzene rings is 2. The lowest BCUT2D eigenvalue weighted by atomic mass is 9.99. The average Bonchev–Trinajstić information content (AvgIpc) is 4.06. The summed E-state index contributed by atoms with van der Waals surface area (Å²) in [6.07, 6.45) is 7.45. The summed E-state index contributed by atoms with van der Waals surface area (Å²) < 4.78 is 13.8. The lowest BCUT2D eigenvalue weighted by molar-refractivity contribution is 0.213. The summed E-state index contributed by atoms with van der Waals surface area (Å²) in [5, 5.41) is 26.9. The summed E-state index contributed by atoms with van der Waals surface area (Å²) in [7, 11) is 7.78. The molecule has 0 spiro atoms. The van der Waals surface area contributed by atoms with E-state index in [9.17, 15) is 29.4 Å². The van der Waals surface area contributed by atoms with Gasteiger partial charge in [-0.2, -0.15) is 9.97 Å².